The summed E-state index contributed by atoms with van der Waals surface area (Å²) in [5, 5.41) is 19.0. The van der Waals surface area contributed by atoms with E-state index in [0.29, 0.717) is 11.6 Å². The van der Waals surface area contributed by atoms with Gasteiger partial charge in [0.1, 0.15) is 23.1 Å². The lowest BCUT2D eigenvalue weighted by Crippen LogP contribution is -2.12. The lowest BCUT2D eigenvalue weighted by atomic mass is 9.82. The lowest BCUT2D eigenvalue weighted by molar-refractivity contribution is 0.397. The number of nitrogens with two attached hydrogens (primary N) is 1. The number of nitrogens with one attached hydrogen (secondary N) is 1. The Morgan fingerprint density at radius 2 is 0.789 bits per heavy atom. The number of para-hydroxylation sites is 2. The van der Waals surface area contributed by atoms with Gasteiger partial charge in [-0.2, -0.15) is 5.10 Å². The molecular weight excluding hydrogens is 1400 g/mol. The van der Waals surface area contributed by atoms with E-state index in [0.717, 1.165) is 28.0 Å². The van der Waals surface area contributed by atoms with Gasteiger partial charge in [-0.15, -0.1) is 0 Å². The first-order valence-electron chi connectivity index (χ1n) is 37.7. The summed E-state index contributed by atoms with van der Waals surface area (Å²) in [6, 6.07) is 84.3. The molecule has 4 N–H and O–H groups in total. The zero-order chi connectivity index (χ0) is 80.6. The summed E-state index contributed by atoms with van der Waals surface area (Å²) in [7, 11) is 1.71. The zero-order valence-electron chi connectivity index (χ0n) is 70.0. The Morgan fingerprint density at radius 3 is 1.24 bits per heavy atom. The molecule has 109 heavy (non-hydrogen) atoms. The van der Waals surface area contributed by atoms with Crippen LogP contribution in [0.1, 0.15) is 224 Å². The van der Waals surface area contributed by atoms with Crippen LogP contribution >= 0.6 is 15.9 Å². The van der Waals surface area contributed by atoms with E-state index in [1.165, 1.54) is 82.5 Å². The van der Waals surface area contributed by atoms with Crippen molar-refractivity contribution < 1.29 is 14.2 Å². The van der Waals surface area contributed by atoms with Crippen molar-refractivity contribution >= 4 is 32.5 Å². The van der Waals surface area contributed by atoms with Gasteiger partial charge in [-0.05, 0) is 164 Å². The number of anilines is 1. The number of methoxy groups -OCH3 is 1. The van der Waals surface area contributed by atoms with Crippen LogP contribution in [0.15, 0.2) is 272 Å². The molecule has 0 aliphatic carbocycles. The van der Waals surface area contributed by atoms with Gasteiger partial charge in [0.2, 0.25) is 0 Å². The van der Waals surface area contributed by atoms with Crippen LogP contribution in [0.25, 0.3) is 44.2 Å². The summed E-state index contributed by atoms with van der Waals surface area (Å²) in [6.45, 7) is 54.5. The molecule has 2 aromatic heterocycles. The van der Waals surface area contributed by atoms with Gasteiger partial charge in [0.05, 0.1) is 13.3 Å². The average molecular weight is 1530 g/mol. The normalized spacial score (nSPS) is 11.5. The number of fused-ring (bicyclic) bond motifs is 1. The summed E-state index contributed by atoms with van der Waals surface area (Å²) in [5.74, 6) is 1.81. The van der Waals surface area contributed by atoms with E-state index in [4.69, 9.17) is 10.5 Å². The highest BCUT2D eigenvalue weighted by Gasteiger charge is 2.23. The fraction of sp³-hybridized carbons (Fsp3) is 0.347. The minimum atomic E-state index is -0.111. The van der Waals surface area contributed by atoms with Gasteiger partial charge in [-0.1, -0.05) is 408 Å². The molecule has 10 aromatic carbocycles. The van der Waals surface area contributed by atoms with Gasteiger partial charge in [0, 0.05) is 28.0 Å². The molecule has 12 aromatic rings. The molecule has 8 heteroatoms. The quantitative estimate of drug-likeness (QED) is 0.163. The highest BCUT2D eigenvalue weighted by atomic mass is 79.9. The Kier molecular flexibility index (Phi) is 34.1. The molecule has 580 valence electrons. The largest absolute Gasteiger partial charge is 0.508 e. The molecule has 0 saturated heterocycles. The second-order valence-corrected chi connectivity index (χ2v) is 36.5. The topological polar surface area (TPSA) is 97.1 Å². The van der Waals surface area contributed by atoms with Crippen LogP contribution in [-0.2, 0) is 43.3 Å². The number of H-pyrrole nitrogens is 1. The minimum absolute atomic E-state index is 0. The van der Waals surface area contributed by atoms with E-state index in [1.54, 1.807) is 19.2 Å². The Labute approximate surface area is 666 Å². The van der Waals surface area contributed by atoms with Crippen molar-refractivity contribution in [3.05, 3.63) is 328 Å². The van der Waals surface area contributed by atoms with Crippen molar-refractivity contribution in [2.24, 2.45) is 0 Å². The van der Waals surface area contributed by atoms with Crippen LogP contribution in [0.3, 0.4) is 0 Å². The number of nitrogen functional groups attached to an aromatic ring is 1. The Morgan fingerprint density at radius 1 is 0.376 bits per heavy atom. The standard InChI is InChI=1S/C16H18.C15H18N2.C14H16.C13H16N2.C11H15Br.C11H16O.C10H13F.C10H14O.CH4/c1-16(2,3)15-12-8-7-11-14(15)13-9-5-4-6-10-13;1-15(2,3)13-6-4-5-11(9-13)12-7-8-14(16)17-10-12;1-14(2,3)13-10-6-8-11-7-4-5-9-12(11)13;1-13(2,3)12-6-4-5-10(7-12)11-8-14-15-9-11;1-8-6-5-7-9(10(8)12)11(2,3)4;1-11(2,3)9-7-5-6-8-10(9)12-4;2*1-10(2,3)8-6-4-5-7-9(8)11;/h4-12H,1-3H3;4-10H,1-3H3,(H2,16,17);4-10H,1-3H3;4-9H,1-3H3,(H,14,15);5-7H,1-4H3;5-8H,1-4H3;4-7H,1-3H3;4-7,11H,1-3H3;1H4. The maximum absolute atomic E-state index is 13.1. The van der Waals surface area contributed by atoms with Gasteiger partial charge in [-0.25, -0.2) is 9.37 Å². The first-order chi connectivity index (χ1) is 50.2. The molecule has 0 aliphatic heterocycles. The van der Waals surface area contributed by atoms with Crippen molar-refractivity contribution in [1.82, 2.24) is 15.2 Å². The van der Waals surface area contributed by atoms with E-state index < -0.39 is 0 Å². The number of hydrogen-bond acceptors (Lipinski definition) is 5. The number of phenols is 1. The fourth-order valence-electron chi connectivity index (χ4n) is 11.9. The number of ether oxygens (including phenoxy) is 1. The first kappa shape index (κ1) is 92.0. The number of pyridine rings is 1. The summed E-state index contributed by atoms with van der Waals surface area (Å²) < 4.78 is 19.6. The number of rotatable bonds is 4. The molecular formula is C101H130BrFN4O2. The van der Waals surface area contributed by atoms with Crippen LogP contribution in [-0.4, -0.2) is 27.4 Å². The number of aromatic hydroxyl groups is 1. The molecule has 12 rings (SSSR count). The summed E-state index contributed by atoms with van der Waals surface area (Å²) in [5.41, 5.74) is 25.2. The maximum Gasteiger partial charge on any atom is 0.126 e. The van der Waals surface area contributed by atoms with Crippen molar-refractivity contribution in [3.8, 4) is 44.9 Å². The highest BCUT2D eigenvalue weighted by Crippen LogP contribution is 2.37. The molecule has 0 aliphatic rings. The molecule has 0 saturated carbocycles. The van der Waals surface area contributed by atoms with Crippen molar-refractivity contribution in [3.63, 3.8) is 0 Å². The molecule has 0 atom stereocenters. The van der Waals surface area contributed by atoms with Gasteiger partial charge in [0.25, 0.3) is 0 Å². The fourth-order valence-corrected chi connectivity index (χ4v) is 12.7. The second-order valence-electron chi connectivity index (χ2n) is 35.7. The lowest BCUT2D eigenvalue weighted by Gasteiger charge is -2.23. The third-order valence-electron chi connectivity index (χ3n) is 18.1. The van der Waals surface area contributed by atoms with E-state index in [1.807, 2.05) is 100 Å². The number of aromatic nitrogens is 3. The SMILES string of the molecule is C.CC(C)(C)c1cccc(-c2ccc(N)nc2)c1.CC(C)(C)c1cccc(-c2cn[nH]c2)c1.CC(C)(C)c1cccc2ccccc12.CC(C)(C)c1ccccc1-c1ccccc1.CC(C)(C)c1ccccc1F.CC(C)(C)c1ccccc1O.COc1ccccc1C(C)(C)C.Cc1cccc(C(C)(C)C)c1Br. The summed E-state index contributed by atoms with van der Waals surface area (Å²) >= 11 is 3.62. The van der Waals surface area contributed by atoms with Crippen LogP contribution in [0, 0.1) is 12.7 Å². The molecule has 0 bridgehead atoms. The molecule has 0 unspecified atom stereocenters. The molecule has 0 spiro atoms. The van der Waals surface area contributed by atoms with Crippen molar-refractivity contribution in [1.29, 1.82) is 0 Å². The molecule has 0 radical (unpaired) electrons. The van der Waals surface area contributed by atoms with Gasteiger partial charge in [-0.3, -0.25) is 5.10 Å². The van der Waals surface area contributed by atoms with Crippen LogP contribution in [0.4, 0.5) is 10.2 Å². The second kappa shape index (κ2) is 40.4. The van der Waals surface area contributed by atoms with E-state index in [2.05, 4.69) is 353 Å². The predicted molar refractivity (Wildman–Crippen MR) is 477 cm³/mol. The summed E-state index contributed by atoms with van der Waals surface area (Å²) in [4.78, 5) is 4.13. The Hall–Kier alpha value is -9.37. The van der Waals surface area contributed by atoms with Gasteiger partial charge >= 0.3 is 0 Å². The predicted octanol–water partition coefficient (Wildman–Crippen LogP) is 29.3. The minimum Gasteiger partial charge on any atom is -0.508 e. The number of aryl methyl sites for hydroxylation is 1. The third-order valence-corrected chi connectivity index (χ3v) is 19.2. The van der Waals surface area contributed by atoms with E-state index in [-0.39, 0.29) is 56.6 Å². The number of aromatic amines is 1. The van der Waals surface area contributed by atoms with Crippen LogP contribution < -0.4 is 10.5 Å². The third kappa shape index (κ3) is 29.5. The van der Waals surface area contributed by atoms with E-state index in [9.17, 15) is 9.50 Å². The number of phenolic OH excluding ortho intramolecular Hbond substituents is 1. The highest BCUT2D eigenvalue weighted by molar-refractivity contribution is 9.10. The van der Waals surface area contributed by atoms with Crippen molar-refractivity contribution in [2.75, 3.05) is 12.8 Å². The van der Waals surface area contributed by atoms with Crippen LogP contribution in [0.2, 0.25) is 0 Å². The Bertz CT molecular complexity index is 4610. The zero-order valence-corrected chi connectivity index (χ0v) is 71.6. The number of hydrogen-bond donors (Lipinski definition) is 3. The molecule has 0 fully saturated rings. The smallest absolute Gasteiger partial charge is 0.126 e. The Balaban J connectivity index is 0.000000264. The summed E-state index contributed by atoms with van der Waals surface area (Å²) in [6.07, 6.45) is 5.58. The monoisotopic (exact) mass is 1530 g/mol. The molecule has 2 heterocycles. The maximum atomic E-state index is 13.1. The van der Waals surface area contributed by atoms with Gasteiger partial charge < -0.3 is 15.6 Å². The number of benzene rings is 10. The number of halogens is 2. The first-order valence-corrected chi connectivity index (χ1v) is 38.5. The van der Waals surface area contributed by atoms with Crippen LogP contribution in [0.5, 0.6) is 11.5 Å². The van der Waals surface area contributed by atoms with Crippen molar-refractivity contribution in [2.45, 2.75) is 224 Å². The van der Waals surface area contributed by atoms with E-state index >= 15 is 0 Å². The average Bonchev–Trinajstić information content (AvgIpc) is 1.35. The number of nitrogens with zero attached hydrogens (tertiary/aromatic N) is 2. The molecule has 0 amide bonds. The van der Waals surface area contributed by atoms with Gasteiger partial charge in [0.15, 0.2) is 0 Å². The molecule has 6 nitrogen and oxygen atoms in total.